The Bertz CT molecular complexity index is 851. The molecule has 1 aromatic rings. The molecule has 5 heteroatoms. The van der Waals surface area contributed by atoms with E-state index >= 15 is 0 Å². The van der Waals surface area contributed by atoms with E-state index in [1.807, 2.05) is 18.2 Å². The Morgan fingerprint density at radius 1 is 1.10 bits per heavy atom. The quantitative estimate of drug-likeness (QED) is 0.669. The number of rotatable bonds is 5. The van der Waals surface area contributed by atoms with Gasteiger partial charge in [0.2, 0.25) is 5.91 Å². The van der Waals surface area contributed by atoms with Crippen molar-refractivity contribution in [2.75, 3.05) is 33.9 Å². The van der Waals surface area contributed by atoms with Crippen LogP contribution in [-0.4, -0.2) is 61.6 Å². The maximum atomic E-state index is 13.4. The summed E-state index contributed by atoms with van der Waals surface area (Å²) in [7, 11) is 3.30. The molecule has 0 radical (unpaired) electrons. The molecule has 3 fully saturated rings. The summed E-state index contributed by atoms with van der Waals surface area (Å²) in [4.78, 5) is 18.4. The van der Waals surface area contributed by atoms with Gasteiger partial charge < -0.3 is 14.4 Å². The fourth-order valence-electron chi connectivity index (χ4n) is 6.68. The first-order valence-corrected chi connectivity index (χ1v) is 12.1. The molecule has 1 amide bonds. The van der Waals surface area contributed by atoms with Gasteiger partial charge >= 0.3 is 0 Å². The number of amides is 1. The van der Waals surface area contributed by atoms with E-state index in [4.69, 9.17) is 9.47 Å². The predicted octanol–water partition coefficient (Wildman–Crippen LogP) is 4.06. The fraction of sp³-hybridized carbons (Fsp3) is 0.654. The molecular formula is C26H36N2O3. The standard InChI is InChI=1S/C26H36N2O3/c1-30-23-10-8-18(14-24(23)31-2)9-11-25(29)28-13-5-6-19-15-20-16-21(26(19)28)17-27-12-4-3-7-22(20)27/h8,10,14-15,20-22,26H,3-7,9,11-13,16-17H2,1-2H3/t20-,21+,22-,26-/m0/s1. The lowest BCUT2D eigenvalue weighted by atomic mass is 9.68. The molecule has 1 aromatic carbocycles. The van der Waals surface area contributed by atoms with Gasteiger partial charge in [-0.2, -0.15) is 0 Å². The molecule has 0 unspecified atom stereocenters. The number of hydrogen-bond donors (Lipinski definition) is 0. The van der Waals surface area contributed by atoms with E-state index in [-0.39, 0.29) is 0 Å². The Balaban J connectivity index is 1.29. The number of piperidine rings is 3. The minimum absolute atomic E-state index is 0.310. The molecule has 0 aromatic heterocycles. The van der Waals surface area contributed by atoms with Crippen LogP contribution in [-0.2, 0) is 11.2 Å². The molecule has 4 aliphatic rings. The summed E-state index contributed by atoms with van der Waals surface area (Å²) in [5, 5.41) is 0. The van der Waals surface area contributed by atoms with Gasteiger partial charge in [-0.25, -0.2) is 0 Å². The van der Waals surface area contributed by atoms with Crippen LogP contribution >= 0.6 is 0 Å². The molecule has 0 N–H and O–H groups in total. The van der Waals surface area contributed by atoms with Crippen LogP contribution in [0.5, 0.6) is 11.5 Å². The van der Waals surface area contributed by atoms with Gasteiger partial charge in [0.25, 0.3) is 0 Å². The number of carbonyl (C=O) groups is 1. The smallest absolute Gasteiger partial charge is 0.223 e. The van der Waals surface area contributed by atoms with Gasteiger partial charge in [-0.05, 0) is 74.6 Å². The lowest BCUT2D eigenvalue weighted by molar-refractivity contribution is -0.136. The molecule has 4 atom stereocenters. The van der Waals surface area contributed by atoms with Gasteiger partial charge in [-0.15, -0.1) is 0 Å². The Labute approximate surface area is 186 Å². The van der Waals surface area contributed by atoms with E-state index in [0.717, 1.165) is 42.5 Å². The molecule has 5 rings (SSSR count). The fourth-order valence-corrected chi connectivity index (χ4v) is 6.68. The normalized spacial score (nSPS) is 30.1. The number of carbonyl (C=O) groups excluding carboxylic acids is 1. The van der Waals surface area contributed by atoms with Crippen molar-refractivity contribution < 1.29 is 14.3 Å². The molecule has 5 nitrogen and oxygen atoms in total. The maximum Gasteiger partial charge on any atom is 0.223 e. The van der Waals surface area contributed by atoms with E-state index in [1.54, 1.807) is 19.8 Å². The van der Waals surface area contributed by atoms with Crippen molar-refractivity contribution in [1.82, 2.24) is 9.80 Å². The molecule has 3 heterocycles. The van der Waals surface area contributed by atoms with E-state index in [2.05, 4.69) is 15.9 Å². The van der Waals surface area contributed by atoms with Crippen molar-refractivity contribution >= 4 is 5.91 Å². The summed E-state index contributed by atoms with van der Waals surface area (Å²) in [5.41, 5.74) is 2.69. The van der Waals surface area contributed by atoms with Gasteiger partial charge in [-0.1, -0.05) is 24.1 Å². The number of nitrogens with zero attached hydrogens (tertiary/aromatic N) is 2. The Kier molecular flexibility index (Phi) is 5.96. The number of likely N-dealkylation sites (tertiary alicyclic amines) is 1. The Morgan fingerprint density at radius 2 is 1.97 bits per heavy atom. The van der Waals surface area contributed by atoms with E-state index in [9.17, 15) is 4.79 Å². The third kappa shape index (κ3) is 3.97. The highest BCUT2D eigenvalue weighted by Gasteiger charge is 2.46. The summed E-state index contributed by atoms with van der Waals surface area (Å²) in [5.74, 6) is 3.10. The van der Waals surface area contributed by atoms with Crippen LogP contribution in [0.1, 0.15) is 50.5 Å². The summed E-state index contributed by atoms with van der Waals surface area (Å²) in [6, 6.07) is 7.06. The van der Waals surface area contributed by atoms with Crippen molar-refractivity contribution in [1.29, 1.82) is 0 Å². The summed E-state index contributed by atoms with van der Waals surface area (Å²) < 4.78 is 10.8. The van der Waals surface area contributed by atoms with Crippen LogP contribution in [0.25, 0.3) is 0 Å². The van der Waals surface area contributed by atoms with Gasteiger partial charge in [0.05, 0.1) is 20.3 Å². The summed E-state index contributed by atoms with van der Waals surface area (Å²) >= 11 is 0. The first kappa shape index (κ1) is 20.9. The van der Waals surface area contributed by atoms with Crippen LogP contribution < -0.4 is 9.47 Å². The van der Waals surface area contributed by atoms with Crippen LogP contribution in [0, 0.1) is 11.8 Å². The highest BCUT2D eigenvalue weighted by atomic mass is 16.5. The highest BCUT2D eigenvalue weighted by Crippen LogP contribution is 2.45. The first-order chi connectivity index (χ1) is 15.2. The Hall–Kier alpha value is -2.01. The topological polar surface area (TPSA) is 42.0 Å². The number of fused-ring (bicyclic) bond motifs is 6. The van der Waals surface area contributed by atoms with Gasteiger partial charge in [0.15, 0.2) is 11.5 Å². The lowest BCUT2D eigenvalue weighted by Crippen LogP contribution is -2.60. The van der Waals surface area contributed by atoms with Gasteiger partial charge in [0.1, 0.15) is 0 Å². The molecule has 168 valence electrons. The minimum Gasteiger partial charge on any atom is -0.493 e. The lowest BCUT2D eigenvalue weighted by Gasteiger charge is -2.54. The molecule has 3 saturated heterocycles. The number of benzene rings is 1. The van der Waals surface area contributed by atoms with Crippen molar-refractivity contribution in [2.45, 2.75) is 63.5 Å². The van der Waals surface area contributed by atoms with Gasteiger partial charge in [0, 0.05) is 25.6 Å². The highest BCUT2D eigenvalue weighted by molar-refractivity contribution is 5.77. The molecular weight excluding hydrogens is 388 g/mol. The molecule has 31 heavy (non-hydrogen) atoms. The number of hydrogen-bond acceptors (Lipinski definition) is 4. The molecule has 2 bridgehead atoms. The first-order valence-electron chi connectivity index (χ1n) is 12.1. The third-order valence-corrected chi connectivity index (χ3v) is 8.05. The maximum absolute atomic E-state index is 13.4. The van der Waals surface area contributed by atoms with Crippen LogP contribution in [0.3, 0.4) is 0 Å². The number of ether oxygens (including phenoxy) is 2. The Morgan fingerprint density at radius 3 is 2.81 bits per heavy atom. The third-order valence-electron chi connectivity index (χ3n) is 8.05. The summed E-state index contributed by atoms with van der Waals surface area (Å²) in [6.45, 7) is 3.35. The molecule has 0 spiro atoms. The number of methoxy groups -OCH3 is 2. The zero-order chi connectivity index (χ0) is 21.4. The molecule has 3 aliphatic heterocycles. The second kappa shape index (κ2) is 8.85. The second-order valence-electron chi connectivity index (χ2n) is 9.78. The zero-order valence-corrected chi connectivity index (χ0v) is 19.0. The van der Waals surface area contributed by atoms with Crippen molar-refractivity contribution in [2.24, 2.45) is 11.8 Å². The SMILES string of the molecule is COc1ccc(CCC(=O)N2CCCC3=C[C@H]4C[C@H](CN5CCCC[C@@H]45)[C@H]32)cc1OC. The van der Waals surface area contributed by atoms with E-state index in [1.165, 1.54) is 45.2 Å². The second-order valence-corrected chi connectivity index (χ2v) is 9.78. The molecule has 1 aliphatic carbocycles. The van der Waals surface area contributed by atoms with Crippen LogP contribution in [0.4, 0.5) is 0 Å². The van der Waals surface area contributed by atoms with Crippen molar-refractivity contribution in [3.63, 3.8) is 0 Å². The predicted molar refractivity (Wildman–Crippen MR) is 121 cm³/mol. The van der Waals surface area contributed by atoms with Crippen molar-refractivity contribution in [3.05, 3.63) is 35.4 Å². The van der Waals surface area contributed by atoms with Crippen LogP contribution in [0.15, 0.2) is 29.8 Å². The largest absolute Gasteiger partial charge is 0.493 e. The minimum atomic E-state index is 0.310. The summed E-state index contributed by atoms with van der Waals surface area (Å²) in [6.07, 6.45) is 11.5. The number of aryl methyl sites for hydroxylation is 1. The van der Waals surface area contributed by atoms with Gasteiger partial charge in [-0.3, -0.25) is 9.69 Å². The van der Waals surface area contributed by atoms with E-state index < -0.39 is 0 Å². The molecule has 0 saturated carbocycles. The monoisotopic (exact) mass is 424 g/mol. The average Bonchev–Trinajstić information content (AvgIpc) is 2.82. The average molecular weight is 425 g/mol. The van der Waals surface area contributed by atoms with Crippen LogP contribution in [0.2, 0.25) is 0 Å². The van der Waals surface area contributed by atoms with E-state index in [0.29, 0.717) is 30.2 Å². The zero-order valence-electron chi connectivity index (χ0n) is 19.0. The van der Waals surface area contributed by atoms with Crippen molar-refractivity contribution in [3.8, 4) is 11.5 Å².